The minimum Gasteiger partial charge on any atom is -0.0654 e. The van der Waals surface area contributed by atoms with Crippen molar-refractivity contribution in [3.63, 3.8) is 0 Å². The van der Waals surface area contributed by atoms with Crippen LogP contribution in [0.5, 0.6) is 0 Å². The van der Waals surface area contributed by atoms with Gasteiger partial charge in [-0.15, -0.1) is 0 Å². The number of fused-ring (bicyclic) bond motifs is 4. The maximum atomic E-state index is 14.3. The third-order valence-corrected chi connectivity index (χ3v) is 29.0. The van der Waals surface area contributed by atoms with Crippen LogP contribution in [-0.2, 0) is 0 Å². The molecule has 0 aliphatic carbocycles. The molecule has 0 spiro atoms. The van der Waals surface area contributed by atoms with Gasteiger partial charge < -0.3 is 0 Å². The van der Waals surface area contributed by atoms with E-state index in [9.17, 15) is 4.79 Å². The van der Waals surface area contributed by atoms with Gasteiger partial charge in [0.1, 0.15) is 0 Å². The number of hydrogen-bond donors (Lipinski definition) is 0. The van der Waals surface area contributed by atoms with Crippen molar-refractivity contribution >= 4 is 67.7 Å². The first kappa shape index (κ1) is 41.0. The van der Waals surface area contributed by atoms with Crippen LogP contribution in [0.3, 0.4) is 0 Å². The van der Waals surface area contributed by atoms with E-state index in [1.165, 1.54) is 132 Å². The summed E-state index contributed by atoms with van der Waals surface area (Å²) in [6.45, 7) is 26.7. The number of amides is 1. The van der Waals surface area contributed by atoms with Crippen molar-refractivity contribution < 1.29 is 4.79 Å². The van der Waals surface area contributed by atoms with Gasteiger partial charge in [0, 0.05) is 0 Å². The van der Waals surface area contributed by atoms with Crippen LogP contribution < -0.4 is 8.79 Å². The van der Waals surface area contributed by atoms with Gasteiger partial charge in [0.25, 0.3) is 0 Å². The van der Waals surface area contributed by atoms with Gasteiger partial charge in [-0.2, -0.15) is 0 Å². The molecule has 2 aliphatic rings. The van der Waals surface area contributed by atoms with Crippen LogP contribution in [0.2, 0.25) is 10.5 Å². The first-order chi connectivity index (χ1) is 24.6. The second kappa shape index (κ2) is 18.5. The summed E-state index contributed by atoms with van der Waals surface area (Å²) in [6.07, 6.45) is 20.9. The Morgan fingerprint density at radius 2 is 1.12 bits per heavy atom. The standard InChI is InChI=1S/C45H69GeNOS3/c1-11-16-19-20-21-22-29-47-32(8)37-34(10)50-42(38(37)45(47)48)41-31(7)40-44(51-41)43-39(30(6)33(9)49-43)46(40,27-25-35(14-4)23-17-12-2)28-26-36(15-5)24-18-13-3/h35-36H,8,11-29H2,1-7,9-10H3. The Kier molecular flexibility index (Phi) is 14.8. The third kappa shape index (κ3) is 8.13. The van der Waals surface area contributed by atoms with Gasteiger partial charge in [-0.05, 0) is 0 Å². The molecule has 5 heterocycles. The topological polar surface area (TPSA) is 20.3 Å². The molecule has 0 bridgehead atoms. The number of aryl methyl sites for hydroxylation is 2. The number of unbranched alkanes of at least 4 members (excludes halogenated alkanes) is 7. The number of nitrogens with zero attached hydrogens (tertiary/aromatic N) is 1. The molecule has 3 aromatic heterocycles. The molecule has 0 aromatic carbocycles. The molecule has 0 radical (unpaired) electrons. The molecule has 6 heteroatoms. The minimum absolute atomic E-state index is 0.204. The Hall–Kier alpha value is -1.15. The van der Waals surface area contributed by atoms with Crippen molar-refractivity contribution in [2.24, 2.45) is 11.8 Å². The molecule has 0 N–H and O–H groups in total. The SMILES string of the molecule is C=C1c2c(C)sc(-c3sc4[c](c3C)[Ge]([CH2]CC(CC)CCCC)([CH2]CC(CC)CCCC)[c]3c-4sc(C)c3C)c2C(=O)N1CCCCCCCC. The van der Waals surface area contributed by atoms with Gasteiger partial charge >= 0.3 is 310 Å². The van der Waals surface area contributed by atoms with Crippen LogP contribution in [0, 0.1) is 39.5 Å². The number of rotatable bonds is 22. The first-order valence-corrected chi connectivity index (χ1v) is 28.5. The van der Waals surface area contributed by atoms with Crippen LogP contribution >= 0.6 is 34.0 Å². The molecule has 1 amide bonds. The predicted octanol–water partition coefficient (Wildman–Crippen LogP) is 14.3. The molecule has 0 fully saturated rings. The van der Waals surface area contributed by atoms with Gasteiger partial charge in [0.2, 0.25) is 0 Å². The van der Waals surface area contributed by atoms with E-state index in [1.54, 1.807) is 15.3 Å². The summed E-state index contributed by atoms with van der Waals surface area (Å²) in [5, 5.41) is 2.87. The summed E-state index contributed by atoms with van der Waals surface area (Å²) in [5.74, 6) is 1.88. The molecule has 3 aromatic rings. The van der Waals surface area contributed by atoms with E-state index in [-0.39, 0.29) is 5.91 Å². The fraction of sp³-hybridized carbons (Fsp3) is 0.667. The van der Waals surface area contributed by atoms with Crippen LogP contribution in [0.4, 0.5) is 0 Å². The van der Waals surface area contributed by atoms with Crippen LogP contribution in [0.25, 0.3) is 25.2 Å². The number of thiophene rings is 3. The zero-order chi connectivity index (χ0) is 36.9. The van der Waals surface area contributed by atoms with Crippen molar-refractivity contribution in [1.82, 2.24) is 4.90 Å². The van der Waals surface area contributed by atoms with Crippen LogP contribution in [0.15, 0.2) is 6.58 Å². The molecule has 282 valence electrons. The van der Waals surface area contributed by atoms with Crippen molar-refractivity contribution in [2.45, 2.75) is 176 Å². The Bertz CT molecular complexity index is 1640. The van der Waals surface area contributed by atoms with Crippen molar-refractivity contribution in [2.75, 3.05) is 6.54 Å². The summed E-state index contributed by atoms with van der Waals surface area (Å²) < 4.78 is 3.69. The first-order valence-electron chi connectivity index (χ1n) is 21.0. The molecule has 2 atom stereocenters. The molecule has 2 unspecified atom stereocenters. The maximum absolute atomic E-state index is 14.3. The fourth-order valence-electron chi connectivity index (χ4n) is 9.51. The summed E-state index contributed by atoms with van der Waals surface area (Å²) >= 11 is 3.20. The molecule has 2 aliphatic heterocycles. The Morgan fingerprint density at radius 3 is 1.71 bits per heavy atom. The van der Waals surface area contributed by atoms with E-state index in [1.807, 2.05) is 25.0 Å². The molecular formula is C45H69GeNOS3. The number of carbonyl (C=O) groups is 1. The third-order valence-electron chi connectivity index (χ3n) is 12.8. The molecule has 0 saturated heterocycles. The van der Waals surface area contributed by atoms with E-state index in [4.69, 9.17) is 0 Å². The van der Waals surface area contributed by atoms with E-state index >= 15 is 0 Å². The average Bonchev–Trinajstić information content (AvgIpc) is 3.87. The minimum atomic E-state index is -2.82. The molecule has 0 saturated carbocycles. The molecular weight excluding hydrogens is 739 g/mol. The van der Waals surface area contributed by atoms with E-state index in [0.29, 0.717) is 0 Å². The van der Waals surface area contributed by atoms with E-state index < -0.39 is 13.3 Å². The smallest absolute Gasteiger partial charge is 0.0654 e. The van der Waals surface area contributed by atoms with Gasteiger partial charge in [-0.1, -0.05) is 19.8 Å². The molecule has 5 rings (SSSR count). The van der Waals surface area contributed by atoms with Gasteiger partial charge in [-0.25, -0.2) is 0 Å². The predicted molar refractivity (Wildman–Crippen MR) is 234 cm³/mol. The Labute approximate surface area is 327 Å². The van der Waals surface area contributed by atoms with E-state index in [2.05, 4.69) is 91.6 Å². The van der Waals surface area contributed by atoms with Crippen molar-refractivity contribution in [3.05, 3.63) is 38.6 Å². The summed E-state index contributed by atoms with van der Waals surface area (Å²) in [7, 11) is 0. The summed E-state index contributed by atoms with van der Waals surface area (Å²) in [6, 6.07) is 0. The van der Waals surface area contributed by atoms with Crippen molar-refractivity contribution in [1.29, 1.82) is 0 Å². The second-order valence-electron chi connectivity index (χ2n) is 16.1. The number of carbonyl (C=O) groups excluding carboxylic acids is 1. The monoisotopic (exact) mass is 809 g/mol. The summed E-state index contributed by atoms with van der Waals surface area (Å²) in [4.78, 5) is 25.0. The van der Waals surface area contributed by atoms with Gasteiger partial charge in [0.05, 0.1) is 0 Å². The Morgan fingerprint density at radius 1 is 0.588 bits per heavy atom. The molecule has 2 nitrogen and oxygen atoms in total. The van der Waals surface area contributed by atoms with Crippen LogP contribution in [-0.4, -0.2) is 30.6 Å². The summed E-state index contributed by atoms with van der Waals surface area (Å²) in [5.41, 5.74) is 6.21. The normalized spacial score (nSPS) is 17.8. The van der Waals surface area contributed by atoms with E-state index in [0.717, 1.165) is 41.6 Å². The van der Waals surface area contributed by atoms with Crippen LogP contribution in [0.1, 0.15) is 174 Å². The fourth-order valence-corrected chi connectivity index (χ4v) is 29.7. The van der Waals surface area contributed by atoms with Gasteiger partial charge in [-0.3, -0.25) is 0 Å². The zero-order valence-corrected chi connectivity index (χ0v) is 38.4. The zero-order valence-electron chi connectivity index (χ0n) is 33.9. The van der Waals surface area contributed by atoms with Crippen molar-refractivity contribution in [3.8, 4) is 19.5 Å². The second-order valence-corrected chi connectivity index (χ2v) is 28.4. The quantitative estimate of drug-likeness (QED) is 0.0731. The average molecular weight is 809 g/mol. The van der Waals surface area contributed by atoms with Gasteiger partial charge in [0.15, 0.2) is 0 Å². The molecule has 51 heavy (non-hydrogen) atoms. The Balaban J connectivity index is 1.57. The number of hydrogen-bond acceptors (Lipinski definition) is 4.